The van der Waals surface area contributed by atoms with Crippen molar-refractivity contribution in [2.24, 2.45) is 0 Å². The average Bonchev–Trinajstić information content (AvgIpc) is 2.42. The summed E-state index contributed by atoms with van der Waals surface area (Å²) in [7, 11) is 0. The van der Waals surface area contributed by atoms with E-state index in [0.29, 0.717) is 5.52 Å². The van der Waals surface area contributed by atoms with E-state index in [1.54, 1.807) is 6.07 Å². The Hall–Kier alpha value is -1.75. The summed E-state index contributed by atoms with van der Waals surface area (Å²) in [5.74, 6) is 0.227. The third-order valence-corrected chi connectivity index (χ3v) is 3.37. The number of aryl methyl sites for hydroxylation is 2. The molecular formula is C17H15LiNO. The summed E-state index contributed by atoms with van der Waals surface area (Å²) in [6, 6.07) is 15.8. The maximum atomic E-state index is 9.90. The molecule has 0 aliphatic rings. The van der Waals surface area contributed by atoms with Gasteiger partial charge in [0.25, 0.3) is 0 Å². The van der Waals surface area contributed by atoms with E-state index in [-0.39, 0.29) is 24.6 Å². The van der Waals surface area contributed by atoms with E-state index in [0.717, 1.165) is 16.6 Å². The quantitative estimate of drug-likeness (QED) is 0.671. The maximum Gasteiger partial charge on any atom is 0.141 e. The summed E-state index contributed by atoms with van der Waals surface area (Å²) in [6.45, 7) is 4.15. The van der Waals surface area contributed by atoms with Gasteiger partial charge in [-0.25, -0.2) is 4.98 Å². The van der Waals surface area contributed by atoms with Crippen molar-refractivity contribution < 1.29 is 5.11 Å². The molecule has 0 saturated heterocycles. The number of rotatable bonds is 1. The molecule has 0 aliphatic heterocycles. The Morgan fingerprint density at radius 3 is 2.55 bits per heavy atom. The van der Waals surface area contributed by atoms with Gasteiger partial charge in [0, 0.05) is 29.8 Å². The van der Waals surface area contributed by atoms with Gasteiger partial charge in [0.1, 0.15) is 11.3 Å². The van der Waals surface area contributed by atoms with E-state index in [1.807, 2.05) is 24.3 Å². The van der Waals surface area contributed by atoms with E-state index in [4.69, 9.17) is 0 Å². The number of hydrogen-bond donors (Lipinski definition) is 1. The number of hydrogen-bond acceptors (Lipinski definition) is 2. The Morgan fingerprint density at radius 1 is 0.950 bits per heavy atom. The molecule has 0 fully saturated rings. The average molecular weight is 256 g/mol. The Kier molecular flexibility index (Phi) is 4.18. The van der Waals surface area contributed by atoms with Gasteiger partial charge >= 0.3 is 0 Å². The number of aromatic nitrogens is 1. The van der Waals surface area contributed by atoms with Crippen LogP contribution in [0.5, 0.6) is 5.75 Å². The summed E-state index contributed by atoms with van der Waals surface area (Å²) in [5.41, 5.74) is 5.06. The summed E-state index contributed by atoms with van der Waals surface area (Å²) in [6.07, 6.45) is 0. The molecule has 1 radical (unpaired) electrons. The van der Waals surface area contributed by atoms with Crippen molar-refractivity contribution in [3.05, 3.63) is 59.7 Å². The molecule has 2 nitrogen and oxygen atoms in total. The molecule has 20 heavy (non-hydrogen) atoms. The molecule has 3 aromatic rings. The Labute approximate surface area is 130 Å². The largest absolute Gasteiger partial charge is 0.506 e. The first-order chi connectivity index (χ1) is 9.15. The SMILES string of the molecule is Cc1ccc(C)c(-c2ccc3cccc(O)c3n2)c1.[Li]. The minimum atomic E-state index is 0. The molecule has 0 saturated carbocycles. The first-order valence-corrected chi connectivity index (χ1v) is 6.31. The van der Waals surface area contributed by atoms with E-state index >= 15 is 0 Å². The molecule has 0 unspecified atom stereocenters. The number of fused-ring (bicyclic) bond motifs is 1. The van der Waals surface area contributed by atoms with Gasteiger partial charge in [-0.1, -0.05) is 35.9 Å². The van der Waals surface area contributed by atoms with Crippen molar-refractivity contribution in [1.82, 2.24) is 4.98 Å². The van der Waals surface area contributed by atoms with E-state index < -0.39 is 0 Å². The van der Waals surface area contributed by atoms with Crippen LogP contribution in [0, 0.1) is 13.8 Å². The zero-order chi connectivity index (χ0) is 13.4. The van der Waals surface area contributed by atoms with Gasteiger partial charge in [0.2, 0.25) is 0 Å². The molecule has 0 atom stereocenters. The zero-order valence-electron chi connectivity index (χ0n) is 12.0. The second-order valence-corrected chi connectivity index (χ2v) is 4.86. The number of nitrogens with zero attached hydrogens (tertiary/aromatic N) is 1. The molecule has 3 rings (SSSR count). The van der Waals surface area contributed by atoms with Crippen LogP contribution >= 0.6 is 0 Å². The van der Waals surface area contributed by atoms with Gasteiger partial charge in [0.05, 0.1) is 5.69 Å². The minimum Gasteiger partial charge on any atom is -0.506 e. The molecule has 1 heterocycles. The van der Waals surface area contributed by atoms with Gasteiger partial charge in [-0.3, -0.25) is 0 Å². The van der Waals surface area contributed by atoms with Crippen LogP contribution < -0.4 is 0 Å². The summed E-state index contributed by atoms with van der Waals surface area (Å²) in [4.78, 5) is 4.60. The molecule has 0 aliphatic carbocycles. The number of pyridine rings is 1. The van der Waals surface area contributed by atoms with E-state index in [2.05, 4.69) is 37.0 Å². The summed E-state index contributed by atoms with van der Waals surface area (Å²) >= 11 is 0. The molecule has 95 valence electrons. The standard InChI is InChI=1S/C17H15NO.Li/c1-11-6-7-12(2)14(10-11)15-9-8-13-4-3-5-16(19)17(13)18-15;/h3-10,19H,1-2H3;. The van der Waals surface area contributed by atoms with Crippen molar-refractivity contribution in [2.45, 2.75) is 13.8 Å². The molecule has 0 amide bonds. The van der Waals surface area contributed by atoms with Gasteiger partial charge in [0.15, 0.2) is 0 Å². The third-order valence-electron chi connectivity index (χ3n) is 3.37. The van der Waals surface area contributed by atoms with Crippen LogP contribution in [-0.2, 0) is 0 Å². The van der Waals surface area contributed by atoms with Crippen LogP contribution in [0.15, 0.2) is 48.5 Å². The van der Waals surface area contributed by atoms with E-state index in [9.17, 15) is 5.11 Å². The van der Waals surface area contributed by atoms with Crippen LogP contribution in [0.2, 0.25) is 0 Å². The smallest absolute Gasteiger partial charge is 0.141 e. The number of phenols is 1. The molecule has 0 spiro atoms. The first-order valence-electron chi connectivity index (χ1n) is 6.31. The molecule has 3 heteroatoms. The van der Waals surface area contributed by atoms with Crippen molar-refractivity contribution in [1.29, 1.82) is 0 Å². The number of benzene rings is 2. The van der Waals surface area contributed by atoms with Crippen LogP contribution in [0.4, 0.5) is 0 Å². The topological polar surface area (TPSA) is 33.1 Å². The van der Waals surface area contributed by atoms with Crippen LogP contribution in [0.25, 0.3) is 22.2 Å². The van der Waals surface area contributed by atoms with Crippen LogP contribution in [0.3, 0.4) is 0 Å². The first kappa shape index (κ1) is 14.7. The number of phenolic OH excluding ortho intramolecular Hbond substituents is 1. The van der Waals surface area contributed by atoms with Gasteiger partial charge in [-0.05, 0) is 37.6 Å². The molecule has 1 aromatic heterocycles. The fraction of sp³-hybridized carbons (Fsp3) is 0.118. The van der Waals surface area contributed by atoms with Crippen LogP contribution in [0.1, 0.15) is 11.1 Å². The molecule has 2 aromatic carbocycles. The molecule has 1 N–H and O–H groups in total. The van der Waals surface area contributed by atoms with Crippen molar-refractivity contribution in [3.63, 3.8) is 0 Å². The van der Waals surface area contributed by atoms with Crippen molar-refractivity contribution in [2.75, 3.05) is 0 Å². The molecule has 0 bridgehead atoms. The predicted molar refractivity (Wildman–Crippen MR) is 84.1 cm³/mol. The van der Waals surface area contributed by atoms with Crippen LogP contribution in [-0.4, -0.2) is 29.0 Å². The Bertz CT molecular complexity index is 768. The van der Waals surface area contributed by atoms with Gasteiger partial charge in [-0.2, -0.15) is 0 Å². The van der Waals surface area contributed by atoms with Crippen molar-refractivity contribution in [3.8, 4) is 17.0 Å². The fourth-order valence-electron chi connectivity index (χ4n) is 2.29. The summed E-state index contributed by atoms with van der Waals surface area (Å²) < 4.78 is 0. The van der Waals surface area contributed by atoms with E-state index in [1.165, 1.54) is 11.1 Å². The predicted octanol–water partition coefficient (Wildman–Crippen LogP) is 3.84. The Morgan fingerprint density at radius 2 is 1.75 bits per heavy atom. The maximum absolute atomic E-state index is 9.90. The molecular weight excluding hydrogens is 241 g/mol. The fourth-order valence-corrected chi connectivity index (χ4v) is 2.29. The summed E-state index contributed by atoms with van der Waals surface area (Å²) in [5, 5.41) is 10.9. The number of aromatic hydroxyl groups is 1. The monoisotopic (exact) mass is 256 g/mol. The van der Waals surface area contributed by atoms with Crippen molar-refractivity contribution >= 4 is 29.8 Å². The number of para-hydroxylation sites is 1. The zero-order valence-corrected chi connectivity index (χ0v) is 12.0. The van der Waals surface area contributed by atoms with Gasteiger partial charge in [-0.15, -0.1) is 0 Å². The third kappa shape index (κ3) is 2.58. The minimum absolute atomic E-state index is 0. The Balaban J connectivity index is 0.00000147. The second kappa shape index (κ2) is 5.71. The van der Waals surface area contributed by atoms with Gasteiger partial charge < -0.3 is 5.11 Å². The second-order valence-electron chi connectivity index (χ2n) is 4.86. The normalized spacial score (nSPS) is 10.3.